The number of hydrogen-bond acceptors (Lipinski definition) is 0. The number of hydrogen-bond donors (Lipinski definition) is 0. The third-order valence-electron chi connectivity index (χ3n) is 5.36. The van der Waals surface area contributed by atoms with Gasteiger partial charge in [-0.1, -0.05) is 74.4 Å². The first-order valence-electron chi connectivity index (χ1n) is 8.24. The van der Waals surface area contributed by atoms with Crippen molar-refractivity contribution >= 4 is 5.57 Å². The molecule has 0 nitrogen and oxygen atoms in total. The molecule has 0 bridgehead atoms. The highest BCUT2D eigenvalue weighted by Crippen LogP contribution is 2.51. The molecule has 1 fully saturated rings. The molecule has 106 valence electrons. The number of allylic oxidation sites excluding steroid dienone is 1. The van der Waals surface area contributed by atoms with Crippen molar-refractivity contribution in [1.82, 2.24) is 0 Å². The van der Waals surface area contributed by atoms with Gasteiger partial charge in [0.25, 0.3) is 0 Å². The van der Waals surface area contributed by atoms with Crippen molar-refractivity contribution in [3.05, 3.63) is 66.2 Å². The van der Waals surface area contributed by atoms with Crippen LogP contribution in [0.2, 0.25) is 0 Å². The fourth-order valence-electron chi connectivity index (χ4n) is 4.37. The summed E-state index contributed by atoms with van der Waals surface area (Å²) in [5.41, 5.74) is 7.01. The van der Waals surface area contributed by atoms with E-state index in [-0.39, 0.29) is 0 Å². The smallest absolute Gasteiger partial charge is 0.0124 e. The lowest BCUT2D eigenvalue weighted by atomic mass is 9.67. The van der Waals surface area contributed by atoms with Crippen LogP contribution in [0.1, 0.15) is 49.1 Å². The summed E-state index contributed by atoms with van der Waals surface area (Å²) in [6.07, 6.45) is 6.91. The molecular weight excluding hydrogens is 252 g/mol. The van der Waals surface area contributed by atoms with Crippen LogP contribution in [-0.4, -0.2) is 0 Å². The fourth-order valence-corrected chi connectivity index (χ4v) is 4.37. The van der Waals surface area contributed by atoms with Gasteiger partial charge in [-0.25, -0.2) is 0 Å². The van der Waals surface area contributed by atoms with Crippen LogP contribution in [0.15, 0.2) is 55.1 Å². The number of rotatable bonds is 1. The van der Waals surface area contributed by atoms with Gasteiger partial charge in [0.05, 0.1) is 0 Å². The molecule has 2 aliphatic carbocycles. The summed E-state index contributed by atoms with van der Waals surface area (Å²) >= 11 is 0. The Morgan fingerprint density at radius 1 is 0.714 bits per heavy atom. The van der Waals surface area contributed by atoms with Gasteiger partial charge in [-0.2, -0.15) is 0 Å². The molecule has 2 aromatic rings. The van der Waals surface area contributed by atoms with Crippen LogP contribution in [0, 0.1) is 5.92 Å². The second kappa shape index (κ2) is 5.18. The molecule has 0 amide bonds. The van der Waals surface area contributed by atoms with E-state index in [1.165, 1.54) is 59.9 Å². The summed E-state index contributed by atoms with van der Waals surface area (Å²) in [4.78, 5) is 0. The van der Waals surface area contributed by atoms with Crippen LogP contribution in [0.4, 0.5) is 0 Å². The Labute approximate surface area is 127 Å². The Bertz CT molecular complexity index is 674. The maximum absolute atomic E-state index is 4.51. The molecule has 0 saturated heterocycles. The molecule has 2 aromatic carbocycles. The zero-order valence-electron chi connectivity index (χ0n) is 12.5. The molecule has 1 saturated carbocycles. The normalized spacial score (nSPS) is 21.7. The van der Waals surface area contributed by atoms with Gasteiger partial charge in [-0.15, -0.1) is 0 Å². The standard InChI is InChI=1S/C21H22/c1-15-17-11-5-6-12-18(17)19-13-7-8-14-20(19)21(15)16-9-3-2-4-10-16/h5-8,11-14,16,21H,1-4,9-10H2. The van der Waals surface area contributed by atoms with Gasteiger partial charge in [0, 0.05) is 5.92 Å². The summed E-state index contributed by atoms with van der Waals surface area (Å²) in [5.74, 6) is 1.30. The lowest BCUT2D eigenvalue weighted by Crippen LogP contribution is -2.21. The van der Waals surface area contributed by atoms with E-state index in [9.17, 15) is 0 Å². The maximum Gasteiger partial charge on any atom is 0.0124 e. The van der Waals surface area contributed by atoms with E-state index in [4.69, 9.17) is 0 Å². The summed E-state index contributed by atoms with van der Waals surface area (Å²) < 4.78 is 0. The summed E-state index contributed by atoms with van der Waals surface area (Å²) in [6, 6.07) is 17.8. The Morgan fingerprint density at radius 2 is 1.33 bits per heavy atom. The van der Waals surface area contributed by atoms with Gasteiger partial charge >= 0.3 is 0 Å². The van der Waals surface area contributed by atoms with Gasteiger partial charge < -0.3 is 0 Å². The van der Waals surface area contributed by atoms with E-state index in [1.807, 2.05) is 0 Å². The van der Waals surface area contributed by atoms with Crippen LogP contribution in [0.3, 0.4) is 0 Å². The molecule has 0 spiro atoms. The molecule has 0 N–H and O–H groups in total. The highest BCUT2D eigenvalue weighted by Gasteiger charge is 2.33. The Kier molecular flexibility index (Phi) is 3.18. The quantitative estimate of drug-likeness (QED) is 0.594. The SMILES string of the molecule is C=C1c2ccccc2-c2ccccc2C1C1CCCCC1. The molecule has 1 atom stereocenters. The Hall–Kier alpha value is -1.82. The third-order valence-corrected chi connectivity index (χ3v) is 5.36. The monoisotopic (exact) mass is 274 g/mol. The molecular formula is C21H22. The van der Waals surface area contributed by atoms with Gasteiger partial charge in [0.2, 0.25) is 0 Å². The minimum Gasteiger partial charge on any atom is -0.0946 e. The first-order chi connectivity index (χ1) is 10.4. The van der Waals surface area contributed by atoms with Gasteiger partial charge in [-0.05, 0) is 46.6 Å². The average Bonchev–Trinajstić information content (AvgIpc) is 2.56. The molecule has 2 aliphatic rings. The van der Waals surface area contributed by atoms with Gasteiger partial charge in [0.1, 0.15) is 0 Å². The van der Waals surface area contributed by atoms with Crippen molar-refractivity contribution in [1.29, 1.82) is 0 Å². The van der Waals surface area contributed by atoms with Crippen molar-refractivity contribution in [3.8, 4) is 11.1 Å². The molecule has 0 aliphatic heterocycles. The van der Waals surface area contributed by atoms with E-state index in [1.54, 1.807) is 0 Å². The summed E-state index contributed by atoms with van der Waals surface area (Å²) in [6.45, 7) is 4.51. The van der Waals surface area contributed by atoms with E-state index in [0.717, 1.165) is 5.92 Å². The topological polar surface area (TPSA) is 0 Å². The average molecular weight is 274 g/mol. The van der Waals surface area contributed by atoms with E-state index >= 15 is 0 Å². The Morgan fingerprint density at radius 3 is 2.10 bits per heavy atom. The molecule has 0 aromatic heterocycles. The first-order valence-corrected chi connectivity index (χ1v) is 8.24. The van der Waals surface area contributed by atoms with Crippen LogP contribution >= 0.6 is 0 Å². The van der Waals surface area contributed by atoms with E-state index in [0.29, 0.717) is 5.92 Å². The van der Waals surface area contributed by atoms with Crippen molar-refractivity contribution in [2.45, 2.75) is 38.0 Å². The van der Waals surface area contributed by atoms with Gasteiger partial charge in [-0.3, -0.25) is 0 Å². The predicted molar refractivity (Wildman–Crippen MR) is 90.2 cm³/mol. The third kappa shape index (κ3) is 2.05. The van der Waals surface area contributed by atoms with Crippen LogP contribution < -0.4 is 0 Å². The highest BCUT2D eigenvalue weighted by molar-refractivity contribution is 5.90. The van der Waals surface area contributed by atoms with Crippen molar-refractivity contribution in [2.24, 2.45) is 5.92 Å². The molecule has 0 heterocycles. The first kappa shape index (κ1) is 12.9. The largest absolute Gasteiger partial charge is 0.0946 e. The number of benzene rings is 2. The molecule has 1 unspecified atom stereocenters. The molecule has 0 heteroatoms. The maximum atomic E-state index is 4.51. The second-order valence-corrected chi connectivity index (χ2v) is 6.53. The van der Waals surface area contributed by atoms with Gasteiger partial charge in [0.15, 0.2) is 0 Å². The minimum absolute atomic E-state index is 0.524. The summed E-state index contributed by atoms with van der Waals surface area (Å²) in [7, 11) is 0. The molecule has 4 rings (SSSR count). The minimum atomic E-state index is 0.524. The lowest BCUT2D eigenvalue weighted by Gasteiger charge is -2.37. The fraction of sp³-hybridized carbons (Fsp3) is 0.333. The molecule has 0 radical (unpaired) electrons. The van der Waals surface area contributed by atoms with E-state index in [2.05, 4.69) is 55.1 Å². The summed E-state index contributed by atoms with van der Waals surface area (Å²) in [5, 5.41) is 0. The van der Waals surface area contributed by atoms with Crippen LogP contribution in [-0.2, 0) is 0 Å². The Balaban J connectivity index is 1.88. The zero-order chi connectivity index (χ0) is 14.2. The molecule has 21 heavy (non-hydrogen) atoms. The van der Waals surface area contributed by atoms with E-state index < -0.39 is 0 Å². The zero-order valence-corrected chi connectivity index (χ0v) is 12.5. The second-order valence-electron chi connectivity index (χ2n) is 6.53. The van der Waals surface area contributed by atoms with Crippen LogP contribution in [0.25, 0.3) is 16.7 Å². The predicted octanol–water partition coefficient (Wildman–Crippen LogP) is 6.04. The number of fused-ring (bicyclic) bond motifs is 3. The lowest BCUT2D eigenvalue weighted by molar-refractivity contribution is 0.336. The van der Waals surface area contributed by atoms with Crippen molar-refractivity contribution in [3.63, 3.8) is 0 Å². The highest BCUT2D eigenvalue weighted by atomic mass is 14.4. The van der Waals surface area contributed by atoms with Crippen molar-refractivity contribution in [2.75, 3.05) is 0 Å². The van der Waals surface area contributed by atoms with Crippen LogP contribution in [0.5, 0.6) is 0 Å². The van der Waals surface area contributed by atoms with Crippen molar-refractivity contribution < 1.29 is 0 Å².